The van der Waals surface area contributed by atoms with E-state index in [2.05, 4.69) is 16.9 Å². The molecule has 0 heterocycles. The van der Waals surface area contributed by atoms with Gasteiger partial charge in [-0.3, -0.25) is 4.79 Å². The number of hydrogen-bond acceptors (Lipinski definition) is 4. The maximum atomic E-state index is 12.0. The Bertz CT molecular complexity index is 281. The third-order valence-corrected chi connectivity index (χ3v) is 5.56. The van der Waals surface area contributed by atoms with Gasteiger partial charge in [-0.2, -0.15) is 11.8 Å². The second kappa shape index (κ2) is 9.64. The molecule has 5 heteroatoms. The lowest BCUT2D eigenvalue weighted by molar-refractivity contribution is -0.122. The maximum absolute atomic E-state index is 12.0. The van der Waals surface area contributed by atoms with Gasteiger partial charge in [-0.1, -0.05) is 19.3 Å². The Hall–Kier alpha value is -0.260. The van der Waals surface area contributed by atoms with Crippen LogP contribution in [0.2, 0.25) is 0 Å². The molecule has 20 heavy (non-hydrogen) atoms. The molecule has 0 aliphatic heterocycles. The van der Waals surface area contributed by atoms with Crippen LogP contribution in [0.5, 0.6) is 0 Å². The third-order valence-electron chi connectivity index (χ3n) is 4.15. The molecule has 0 aromatic heterocycles. The van der Waals surface area contributed by atoms with Crippen LogP contribution in [0.25, 0.3) is 0 Å². The Labute approximate surface area is 127 Å². The molecule has 4 nitrogen and oxygen atoms in total. The fraction of sp³-hybridized carbons (Fsp3) is 0.933. The molecule has 0 aromatic carbocycles. The van der Waals surface area contributed by atoms with Gasteiger partial charge in [-0.15, -0.1) is 0 Å². The number of hydrogen-bond donors (Lipinski definition) is 2. The van der Waals surface area contributed by atoms with Crippen molar-refractivity contribution in [1.82, 2.24) is 10.6 Å². The summed E-state index contributed by atoms with van der Waals surface area (Å²) in [5.41, 5.74) is 0. The molecule has 2 N–H and O–H groups in total. The van der Waals surface area contributed by atoms with Crippen LogP contribution in [0.15, 0.2) is 0 Å². The van der Waals surface area contributed by atoms with Crippen molar-refractivity contribution in [3.8, 4) is 0 Å². The molecule has 1 unspecified atom stereocenters. The first-order valence-electron chi connectivity index (χ1n) is 7.69. The van der Waals surface area contributed by atoms with Crippen LogP contribution in [0.3, 0.4) is 0 Å². The van der Waals surface area contributed by atoms with Crippen LogP contribution < -0.4 is 10.6 Å². The molecule has 1 atom stereocenters. The first-order chi connectivity index (χ1) is 9.63. The second-order valence-corrected chi connectivity index (χ2v) is 6.96. The van der Waals surface area contributed by atoms with Gasteiger partial charge in [0.2, 0.25) is 5.91 Å². The van der Waals surface area contributed by atoms with Gasteiger partial charge in [0, 0.05) is 31.6 Å². The molecule has 0 bridgehead atoms. The average molecular weight is 302 g/mol. The minimum Gasteiger partial charge on any atom is -0.385 e. The van der Waals surface area contributed by atoms with Crippen LogP contribution in [-0.2, 0) is 9.53 Å². The summed E-state index contributed by atoms with van der Waals surface area (Å²) >= 11 is 1.96. The van der Waals surface area contributed by atoms with Crippen LogP contribution >= 0.6 is 11.8 Å². The van der Waals surface area contributed by atoms with E-state index in [0.717, 1.165) is 13.0 Å². The van der Waals surface area contributed by atoms with E-state index in [1.807, 2.05) is 18.7 Å². The largest absolute Gasteiger partial charge is 0.385 e. The number of carbonyl (C=O) groups is 1. The van der Waals surface area contributed by atoms with Gasteiger partial charge in [-0.25, -0.2) is 0 Å². The van der Waals surface area contributed by atoms with Crippen molar-refractivity contribution in [2.24, 2.45) is 0 Å². The van der Waals surface area contributed by atoms with Gasteiger partial charge in [0.15, 0.2) is 0 Å². The average Bonchev–Trinajstić information content (AvgIpc) is 2.50. The van der Waals surface area contributed by atoms with Crippen molar-refractivity contribution in [2.45, 2.75) is 56.2 Å². The monoisotopic (exact) mass is 302 g/mol. The van der Waals surface area contributed by atoms with Gasteiger partial charge < -0.3 is 15.4 Å². The summed E-state index contributed by atoms with van der Waals surface area (Å²) in [6.45, 7) is 4.26. The fourth-order valence-corrected chi connectivity index (χ4v) is 3.59. The van der Waals surface area contributed by atoms with Crippen LogP contribution in [0.1, 0.15) is 45.4 Å². The lowest BCUT2D eigenvalue weighted by Crippen LogP contribution is -2.48. The number of thioether (sulfide) groups is 1. The van der Waals surface area contributed by atoms with E-state index in [9.17, 15) is 4.79 Å². The lowest BCUT2D eigenvalue weighted by atomic mass is 9.88. The fourth-order valence-electron chi connectivity index (χ4n) is 2.66. The van der Waals surface area contributed by atoms with Crippen LogP contribution in [0, 0.1) is 0 Å². The van der Waals surface area contributed by atoms with Crippen molar-refractivity contribution < 1.29 is 9.53 Å². The molecule has 1 aliphatic rings. The molecular formula is C15H30N2O2S. The quantitative estimate of drug-likeness (QED) is 0.641. The summed E-state index contributed by atoms with van der Waals surface area (Å²) in [4.78, 5) is 12.0. The van der Waals surface area contributed by atoms with E-state index in [0.29, 0.717) is 17.9 Å². The summed E-state index contributed by atoms with van der Waals surface area (Å²) in [5, 5.41) is 6.37. The molecular weight excluding hydrogens is 272 g/mol. The van der Waals surface area contributed by atoms with E-state index in [1.165, 1.54) is 32.1 Å². The molecule has 0 aromatic rings. The van der Waals surface area contributed by atoms with E-state index < -0.39 is 0 Å². The number of methoxy groups -OCH3 is 1. The highest BCUT2D eigenvalue weighted by Gasteiger charge is 2.31. The van der Waals surface area contributed by atoms with Gasteiger partial charge in [0.1, 0.15) is 0 Å². The van der Waals surface area contributed by atoms with Crippen molar-refractivity contribution in [2.75, 3.05) is 33.1 Å². The van der Waals surface area contributed by atoms with E-state index in [4.69, 9.17) is 4.74 Å². The number of ether oxygens (including phenoxy) is 1. The molecule has 1 fully saturated rings. The maximum Gasteiger partial charge on any atom is 0.236 e. The Morgan fingerprint density at radius 2 is 2.05 bits per heavy atom. The summed E-state index contributed by atoms with van der Waals surface area (Å²) in [5.74, 6) is 0.0909. The highest BCUT2D eigenvalue weighted by atomic mass is 32.2. The number of rotatable bonds is 9. The predicted octanol–water partition coefficient (Wildman–Crippen LogP) is 2.18. The molecule has 0 radical (unpaired) electrons. The SMILES string of the molecule is COCCCNC(=O)C(C)NCC1(SC)CCCCC1. The number of carbonyl (C=O) groups excluding carboxylic acids is 1. The van der Waals surface area contributed by atoms with Gasteiger partial charge in [0.25, 0.3) is 0 Å². The highest BCUT2D eigenvalue weighted by Crippen LogP contribution is 2.37. The summed E-state index contributed by atoms with van der Waals surface area (Å²) in [7, 11) is 1.68. The zero-order valence-corrected chi connectivity index (χ0v) is 14.0. The molecule has 1 saturated carbocycles. The zero-order chi connectivity index (χ0) is 14.8. The Morgan fingerprint density at radius 3 is 2.65 bits per heavy atom. The van der Waals surface area contributed by atoms with Gasteiger partial charge >= 0.3 is 0 Å². The van der Waals surface area contributed by atoms with Crippen molar-refractivity contribution in [1.29, 1.82) is 0 Å². The number of nitrogens with one attached hydrogen (secondary N) is 2. The Morgan fingerprint density at radius 1 is 1.35 bits per heavy atom. The molecule has 1 rings (SSSR count). The van der Waals surface area contributed by atoms with Crippen molar-refractivity contribution >= 4 is 17.7 Å². The van der Waals surface area contributed by atoms with E-state index in [1.54, 1.807) is 7.11 Å². The first-order valence-corrected chi connectivity index (χ1v) is 8.91. The van der Waals surface area contributed by atoms with Gasteiger partial charge in [-0.05, 0) is 32.4 Å². The molecule has 1 aliphatic carbocycles. The molecule has 118 valence electrons. The van der Waals surface area contributed by atoms with Crippen molar-refractivity contribution in [3.05, 3.63) is 0 Å². The van der Waals surface area contributed by atoms with Crippen molar-refractivity contribution in [3.63, 3.8) is 0 Å². The van der Waals surface area contributed by atoms with Gasteiger partial charge in [0.05, 0.1) is 6.04 Å². The lowest BCUT2D eigenvalue weighted by Gasteiger charge is -2.36. The van der Waals surface area contributed by atoms with E-state index in [-0.39, 0.29) is 11.9 Å². The smallest absolute Gasteiger partial charge is 0.236 e. The number of amides is 1. The first kappa shape index (κ1) is 17.8. The summed E-state index contributed by atoms with van der Waals surface area (Å²) in [6.07, 6.45) is 9.59. The highest BCUT2D eigenvalue weighted by molar-refractivity contribution is 8.00. The van der Waals surface area contributed by atoms with Crippen LogP contribution in [0.4, 0.5) is 0 Å². The third kappa shape index (κ3) is 6.02. The molecule has 0 saturated heterocycles. The summed E-state index contributed by atoms with van der Waals surface area (Å²) in [6, 6.07) is -0.122. The standard InChI is InChI=1S/C15H30N2O2S/c1-13(14(18)16-10-7-11-19-2)17-12-15(20-3)8-5-4-6-9-15/h13,17H,4-12H2,1-3H3,(H,16,18). The second-order valence-electron chi connectivity index (χ2n) is 5.69. The minimum absolute atomic E-state index is 0.0909. The summed E-state index contributed by atoms with van der Waals surface area (Å²) < 4.78 is 5.31. The topological polar surface area (TPSA) is 50.4 Å². The Balaban J connectivity index is 2.26. The Kier molecular flexibility index (Phi) is 8.57. The normalized spacial score (nSPS) is 19.6. The zero-order valence-electron chi connectivity index (χ0n) is 13.2. The minimum atomic E-state index is -0.122. The van der Waals surface area contributed by atoms with Crippen LogP contribution in [-0.4, -0.2) is 49.8 Å². The molecule has 0 spiro atoms. The van der Waals surface area contributed by atoms with E-state index >= 15 is 0 Å². The molecule has 1 amide bonds. The predicted molar refractivity (Wildman–Crippen MR) is 86.3 cm³/mol.